The molecule has 4 aromatic rings. The van der Waals surface area contributed by atoms with Crippen molar-refractivity contribution in [3.63, 3.8) is 0 Å². The minimum atomic E-state index is -5.08. The summed E-state index contributed by atoms with van der Waals surface area (Å²) in [5.41, 5.74) is -2.98. The molecule has 0 fully saturated rings. The summed E-state index contributed by atoms with van der Waals surface area (Å²) < 4.78 is 172. The predicted molar refractivity (Wildman–Crippen MR) is 244 cm³/mol. The second-order valence-corrected chi connectivity index (χ2v) is 17.5. The Morgan fingerprint density at radius 2 is 0.838 bits per heavy atom. The molecule has 4 atom stereocenters. The largest absolute Gasteiger partial charge is 0.474 e. The molecule has 4 amide bonds. The molecule has 0 saturated heterocycles. The van der Waals surface area contributed by atoms with E-state index in [2.05, 4.69) is 10.6 Å². The van der Waals surface area contributed by atoms with Crippen LogP contribution in [-0.2, 0) is 66.2 Å². The molecule has 2 N–H and O–H groups in total. The smallest absolute Gasteiger partial charge is 0.416 e. The number of hydrogen-bond acceptors (Lipinski definition) is 6. The lowest BCUT2D eigenvalue weighted by molar-refractivity contribution is -0.144. The van der Waals surface area contributed by atoms with Crippen LogP contribution in [0.15, 0.2) is 132 Å². The van der Waals surface area contributed by atoms with Crippen LogP contribution in [0.5, 0.6) is 0 Å². The van der Waals surface area contributed by atoms with Crippen molar-refractivity contribution in [2.75, 3.05) is 23.9 Å². The third kappa shape index (κ3) is 11.5. The molecule has 74 heavy (non-hydrogen) atoms. The van der Waals surface area contributed by atoms with E-state index < -0.39 is 94.4 Å². The Labute approximate surface area is 415 Å². The van der Waals surface area contributed by atoms with Crippen LogP contribution in [-0.4, -0.2) is 50.2 Å². The van der Waals surface area contributed by atoms with Gasteiger partial charge in [-0.1, -0.05) is 48.5 Å². The molecule has 392 valence electrons. The number of nitrogens with zero attached hydrogens (tertiary/aromatic N) is 2. The number of halogens is 12. The summed E-state index contributed by atoms with van der Waals surface area (Å²) in [6, 6.07) is 16.9. The van der Waals surface area contributed by atoms with E-state index in [9.17, 15) is 71.9 Å². The van der Waals surface area contributed by atoms with Crippen molar-refractivity contribution in [3.8, 4) is 0 Å². The number of nitrogens with one attached hydrogen (secondary N) is 2. The van der Waals surface area contributed by atoms with Gasteiger partial charge in [-0.15, -0.1) is 0 Å². The molecule has 0 spiro atoms. The number of ether oxygens (including phenoxy) is 2. The molecule has 4 unspecified atom stereocenters. The van der Waals surface area contributed by atoms with Crippen molar-refractivity contribution in [1.29, 1.82) is 0 Å². The molecule has 22 heteroatoms. The normalized spacial score (nSPS) is 20.1. The number of anilines is 2. The van der Waals surface area contributed by atoms with Gasteiger partial charge in [-0.2, -0.15) is 52.7 Å². The van der Waals surface area contributed by atoms with E-state index in [-0.39, 0.29) is 46.3 Å². The molecular formula is C52H44F12N4O6. The standard InChI is InChI=1S/2C26H22F6N2O3/c2*1-14-9-22(37-13-21(23(35)33-2)20-8-7-15-5-3-4-6-19(15)20)34(24(14)36)18-11-16(25(27,28)29)10-17(12-18)26(30,31)32/h2*3-6,9-13,20,22H,7-8H2,1-2H3,(H,33,35)/b21-13+;21-13-. The van der Waals surface area contributed by atoms with Crippen LogP contribution >= 0.6 is 0 Å². The quantitative estimate of drug-likeness (QED) is 0.0928. The lowest BCUT2D eigenvalue weighted by atomic mass is 9.93. The van der Waals surface area contributed by atoms with Gasteiger partial charge in [0.15, 0.2) is 12.5 Å². The van der Waals surface area contributed by atoms with Crippen LogP contribution in [0.1, 0.15) is 83.0 Å². The fraction of sp³-hybridized carbons (Fsp3) is 0.308. The number of alkyl halides is 12. The third-order valence-electron chi connectivity index (χ3n) is 12.8. The maximum atomic E-state index is 13.4. The maximum absolute atomic E-state index is 13.4. The summed E-state index contributed by atoms with van der Waals surface area (Å²) in [5, 5.41) is 5.05. The fourth-order valence-corrected chi connectivity index (χ4v) is 9.14. The molecule has 2 aliphatic carbocycles. The number of benzene rings is 4. The molecule has 4 aliphatic rings. The molecule has 2 heterocycles. The van der Waals surface area contributed by atoms with Crippen molar-refractivity contribution in [1.82, 2.24) is 10.6 Å². The fourth-order valence-electron chi connectivity index (χ4n) is 9.14. The Morgan fingerprint density at radius 1 is 0.527 bits per heavy atom. The first kappa shape index (κ1) is 54.3. The van der Waals surface area contributed by atoms with E-state index >= 15 is 0 Å². The first-order chi connectivity index (χ1) is 34.6. The Bertz CT molecular complexity index is 2730. The number of fused-ring (bicyclic) bond motifs is 2. The lowest BCUT2D eigenvalue weighted by Gasteiger charge is -2.26. The molecule has 4 aromatic carbocycles. The number of aryl methyl sites for hydroxylation is 2. The summed E-state index contributed by atoms with van der Waals surface area (Å²) in [5.74, 6) is -3.24. The number of carbonyl (C=O) groups is 4. The summed E-state index contributed by atoms with van der Waals surface area (Å²) in [7, 11) is 2.85. The van der Waals surface area contributed by atoms with Crippen molar-refractivity contribution in [3.05, 3.63) is 176 Å². The van der Waals surface area contributed by atoms with Gasteiger partial charge in [0.25, 0.3) is 23.6 Å². The Hall–Kier alpha value is -7.52. The van der Waals surface area contributed by atoms with Gasteiger partial charge in [0.1, 0.15) is 0 Å². The minimum absolute atomic E-state index is 0.0126. The van der Waals surface area contributed by atoms with Gasteiger partial charge in [-0.25, -0.2) is 0 Å². The van der Waals surface area contributed by atoms with E-state index in [0.717, 1.165) is 34.8 Å². The highest BCUT2D eigenvalue weighted by atomic mass is 19.4. The summed E-state index contributed by atoms with van der Waals surface area (Å²) in [4.78, 5) is 52.4. The zero-order valence-corrected chi connectivity index (χ0v) is 39.4. The molecule has 8 rings (SSSR count). The zero-order chi connectivity index (χ0) is 54.2. The number of rotatable bonds is 10. The van der Waals surface area contributed by atoms with Gasteiger partial charge in [0.05, 0.1) is 45.9 Å². The molecular weight excluding hydrogens is 1000 g/mol. The van der Waals surface area contributed by atoms with E-state index in [4.69, 9.17) is 9.47 Å². The van der Waals surface area contributed by atoms with E-state index in [0.29, 0.717) is 59.7 Å². The maximum Gasteiger partial charge on any atom is 0.416 e. The Morgan fingerprint density at radius 3 is 1.14 bits per heavy atom. The van der Waals surface area contributed by atoms with Crippen LogP contribution in [0.25, 0.3) is 0 Å². The summed E-state index contributed by atoms with van der Waals surface area (Å²) >= 11 is 0. The van der Waals surface area contributed by atoms with E-state index in [1.807, 2.05) is 48.5 Å². The Kier molecular flexibility index (Phi) is 15.2. The second-order valence-electron chi connectivity index (χ2n) is 17.5. The van der Waals surface area contributed by atoms with Crippen LogP contribution < -0.4 is 20.4 Å². The van der Waals surface area contributed by atoms with Crippen LogP contribution in [0.4, 0.5) is 64.1 Å². The monoisotopic (exact) mass is 1050 g/mol. The average molecular weight is 1050 g/mol. The van der Waals surface area contributed by atoms with E-state index in [1.54, 1.807) is 0 Å². The topological polar surface area (TPSA) is 117 Å². The van der Waals surface area contributed by atoms with Gasteiger partial charge in [0, 0.05) is 48.5 Å². The molecule has 0 bridgehead atoms. The number of amides is 4. The SMILES string of the molecule is CNC(=O)/C(=C/OC1C=C(C)C(=O)N1c1cc(C(F)(F)F)cc(C(F)(F)F)c1)C1CCc2ccccc21.CNC(=O)/C(=C\OC1C=C(C)C(=O)N1c1cc(C(F)(F)F)cc(C(F)(F)F)c1)C1CCc2ccccc21. The third-order valence-corrected chi connectivity index (χ3v) is 12.8. The van der Waals surface area contributed by atoms with E-state index in [1.165, 1.54) is 40.1 Å². The predicted octanol–water partition coefficient (Wildman–Crippen LogP) is 11.4. The Balaban J connectivity index is 0.000000216. The molecule has 0 aromatic heterocycles. The molecule has 10 nitrogen and oxygen atoms in total. The number of carbonyl (C=O) groups excluding carboxylic acids is 4. The zero-order valence-electron chi connectivity index (χ0n) is 39.4. The van der Waals surface area contributed by atoms with Crippen LogP contribution in [0.3, 0.4) is 0 Å². The highest BCUT2D eigenvalue weighted by molar-refractivity contribution is 6.09. The first-order valence-corrected chi connectivity index (χ1v) is 22.6. The molecule has 0 radical (unpaired) electrons. The van der Waals surface area contributed by atoms with Gasteiger partial charge in [-0.3, -0.25) is 29.0 Å². The van der Waals surface area contributed by atoms with Crippen molar-refractivity contribution in [2.24, 2.45) is 0 Å². The highest BCUT2D eigenvalue weighted by Gasteiger charge is 2.43. The van der Waals surface area contributed by atoms with Crippen LogP contribution in [0, 0.1) is 0 Å². The van der Waals surface area contributed by atoms with Gasteiger partial charge in [0.2, 0.25) is 0 Å². The summed E-state index contributed by atoms with van der Waals surface area (Å²) in [6.07, 6.45) is -15.6. The average Bonchev–Trinajstić information content (AvgIpc) is 4.11. The molecule has 2 aliphatic heterocycles. The van der Waals surface area contributed by atoms with Crippen molar-refractivity contribution >= 4 is 35.0 Å². The second kappa shape index (κ2) is 20.8. The van der Waals surface area contributed by atoms with Gasteiger partial charge in [-0.05, 0) is 110 Å². The number of likely N-dealkylation sites (N-methyl/N-ethyl adjacent to an activating group) is 2. The van der Waals surface area contributed by atoms with Crippen molar-refractivity contribution in [2.45, 2.75) is 88.5 Å². The minimum Gasteiger partial charge on any atom is -0.474 e. The number of hydrogen-bond donors (Lipinski definition) is 2. The van der Waals surface area contributed by atoms with Gasteiger partial charge >= 0.3 is 24.7 Å². The lowest BCUT2D eigenvalue weighted by Crippen LogP contribution is -2.36. The molecule has 0 saturated carbocycles. The first-order valence-electron chi connectivity index (χ1n) is 22.6. The summed E-state index contributed by atoms with van der Waals surface area (Å²) in [6.45, 7) is 2.74. The van der Waals surface area contributed by atoms with Crippen molar-refractivity contribution < 1.29 is 81.3 Å². The van der Waals surface area contributed by atoms with Gasteiger partial charge < -0.3 is 20.1 Å². The highest BCUT2D eigenvalue weighted by Crippen LogP contribution is 2.44. The van der Waals surface area contributed by atoms with Crippen LogP contribution in [0.2, 0.25) is 0 Å².